The molecule has 0 N–H and O–H groups in total. The van der Waals surface area contributed by atoms with Crippen molar-refractivity contribution in [3.05, 3.63) is 60.7 Å². The maximum Gasteiger partial charge on any atom is 0.510 e. The van der Waals surface area contributed by atoms with Crippen LogP contribution in [0.15, 0.2) is 60.7 Å². The fourth-order valence-corrected chi connectivity index (χ4v) is 5.42. The summed E-state index contributed by atoms with van der Waals surface area (Å²) in [6, 6.07) is 19.8. The quantitative estimate of drug-likeness (QED) is 0.621. The predicted molar refractivity (Wildman–Crippen MR) is 79.5 cm³/mol. The van der Waals surface area contributed by atoms with Crippen LogP contribution in [0.4, 0.5) is 0 Å². The highest BCUT2D eigenvalue weighted by atomic mass is 79.9. The van der Waals surface area contributed by atoms with Gasteiger partial charge < -0.3 is 8.85 Å². The van der Waals surface area contributed by atoms with Gasteiger partial charge in [0.2, 0.25) is 0 Å². The lowest BCUT2D eigenvalue weighted by Crippen LogP contribution is -2.51. The van der Waals surface area contributed by atoms with Gasteiger partial charge in [0.15, 0.2) is 0 Å². The van der Waals surface area contributed by atoms with E-state index in [1.165, 1.54) is 0 Å². The molecule has 0 fully saturated rings. The average molecular weight is 323 g/mol. The highest BCUT2D eigenvalue weighted by molar-refractivity contribution is 9.26. The average Bonchev–Trinajstić information content (AvgIpc) is 2.41. The lowest BCUT2D eigenvalue weighted by atomic mass is 10.3. The molecule has 4 heteroatoms. The summed E-state index contributed by atoms with van der Waals surface area (Å²) < 4.78 is 11.9. The fourth-order valence-electron chi connectivity index (χ4n) is 1.63. The summed E-state index contributed by atoms with van der Waals surface area (Å²) in [5.41, 5.74) is 0. The maximum atomic E-state index is 6.06. The first-order valence-electron chi connectivity index (χ1n) is 5.87. The van der Waals surface area contributed by atoms with Crippen LogP contribution in [-0.2, 0) is 4.43 Å². The van der Waals surface area contributed by atoms with Gasteiger partial charge in [0.1, 0.15) is 5.75 Å². The molecule has 0 aliphatic heterocycles. The molecule has 0 saturated carbocycles. The van der Waals surface area contributed by atoms with Crippen LogP contribution in [0.5, 0.6) is 5.75 Å². The van der Waals surface area contributed by atoms with Crippen LogP contribution in [0.2, 0.25) is 0 Å². The van der Waals surface area contributed by atoms with Gasteiger partial charge >= 0.3 is 7.18 Å². The van der Waals surface area contributed by atoms with E-state index in [-0.39, 0.29) is 0 Å². The minimum Gasteiger partial charge on any atom is -0.510 e. The Morgan fingerprint density at radius 2 is 1.50 bits per heavy atom. The Bertz CT molecular complexity index is 478. The smallest absolute Gasteiger partial charge is 0.510 e. The molecule has 2 aromatic carbocycles. The minimum atomic E-state index is -2.55. The molecule has 0 spiro atoms. The number of hydrogen-bond donors (Lipinski definition) is 0. The Labute approximate surface area is 116 Å². The number of benzene rings is 2. The van der Waals surface area contributed by atoms with E-state index in [1.54, 1.807) is 0 Å². The molecule has 0 heterocycles. The van der Waals surface area contributed by atoms with Crippen LogP contribution in [0, 0.1) is 0 Å². The molecule has 2 nitrogen and oxygen atoms in total. The van der Waals surface area contributed by atoms with E-state index in [2.05, 4.69) is 15.3 Å². The van der Waals surface area contributed by atoms with Gasteiger partial charge in [-0.2, -0.15) is 0 Å². The highest BCUT2D eigenvalue weighted by Crippen LogP contribution is 2.21. The monoisotopic (exact) mass is 322 g/mol. The lowest BCUT2D eigenvalue weighted by Gasteiger charge is -2.25. The van der Waals surface area contributed by atoms with Crippen molar-refractivity contribution in [1.82, 2.24) is 0 Å². The number of hydrogen-bond acceptors (Lipinski definition) is 2. The van der Waals surface area contributed by atoms with Crippen molar-refractivity contribution < 1.29 is 8.85 Å². The molecule has 0 amide bonds. The van der Waals surface area contributed by atoms with Crippen molar-refractivity contribution in [2.45, 2.75) is 6.92 Å². The third-order valence-electron chi connectivity index (χ3n) is 2.44. The topological polar surface area (TPSA) is 18.5 Å². The zero-order valence-electron chi connectivity index (χ0n) is 10.2. The van der Waals surface area contributed by atoms with E-state index >= 15 is 0 Å². The summed E-state index contributed by atoms with van der Waals surface area (Å²) in [6.07, 6.45) is 0. The normalized spacial score (nSPS) is 13.9. The lowest BCUT2D eigenvalue weighted by molar-refractivity contribution is 0.287. The third kappa shape index (κ3) is 3.22. The number of halogens is 1. The van der Waals surface area contributed by atoms with Crippen LogP contribution in [0.25, 0.3) is 0 Å². The molecule has 18 heavy (non-hydrogen) atoms. The van der Waals surface area contributed by atoms with E-state index in [1.807, 2.05) is 67.6 Å². The minimum absolute atomic E-state index is 0.610. The first-order chi connectivity index (χ1) is 8.74. The van der Waals surface area contributed by atoms with Crippen LogP contribution in [-0.4, -0.2) is 13.8 Å². The van der Waals surface area contributed by atoms with E-state index in [0.29, 0.717) is 6.61 Å². The van der Waals surface area contributed by atoms with Crippen molar-refractivity contribution in [3.63, 3.8) is 0 Å². The van der Waals surface area contributed by atoms with Crippen molar-refractivity contribution >= 4 is 27.7 Å². The first kappa shape index (κ1) is 13.3. The van der Waals surface area contributed by atoms with Crippen LogP contribution >= 0.6 is 15.3 Å². The number of para-hydroxylation sites is 1. The van der Waals surface area contributed by atoms with Crippen LogP contribution < -0.4 is 9.61 Å². The summed E-state index contributed by atoms with van der Waals surface area (Å²) >= 11 is 3.68. The summed E-state index contributed by atoms with van der Waals surface area (Å²) in [5.74, 6) is 0.818. The molecule has 94 valence electrons. The van der Waals surface area contributed by atoms with Gasteiger partial charge in [-0.3, -0.25) is 0 Å². The maximum absolute atomic E-state index is 6.06. The summed E-state index contributed by atoms with van der Waals surface area (Å²) in [5, 5.41) is 1.07. The molecule has 0 bridgehead atoms. The molecule has 2 aromatic rings. The van der Waals surface area contributed by atoms with Crippen molar-refractivity contribution in [3.8, 4) is 5.75 Å². The van der Waals surface area contributed by atoms with Gasteiger partial charge in [-0.05, 0) is 34.3 Å². The summed E-state index contributed by atoms with van der Waals surface area (Å²) in [4.78, 5) is 0. The van der Waals surface area contributed by atoms with Gasteiger partial charge in [-0.25, -0.2) is 0 Å². The van der Waals surface area contributed by atoms with Gasteiger partial charge in [0.25, 0.3) is 0 Å². The Balaban J connectivity index is 2.27. The fraction of sp³-hybridized carbons (Fsp3) is 0.143. The first-order valence-corrected chi connectivity index (χ1v) is 9.94. The second-order valence-electron chi connectivity index (χ2n) is 3.75. The van der Waals surface area contributed by atoms with Crippen LogP contribution in [0.1, 0.15) is 6.92 Å². The van der Waals surface area contributed by atoms with E-state index in [0.717, 1.165) is 10.9 Å². The summed E-state index contributed by atoms with van der Waals surface area (Å²) in [7, 11) is -2.55. The zero-order chi connectivity index (χ0) is 12.8. The van der Waals surface area contributed by atoms with Crippen molar-refractivity contribution in [2.24, 2.45) is 0 Å². The standard InChI is InChI=1S/C14H15BrO2Si/c1-2-16-18(15,14-11-7-4-8-12-14)17-13-9-5-3-6-10-13/h3-12H,2H2,1H3. The SMILES string of the molecule is CCO[Si](Br)(Oc1ccccc1)c1ccccc1. The third-order valence-corrected chi connectivity index (χ3v) is 7.17. The Kier molecular flexibility index (Phi) is 4.58. The molecule has 0 aliphatic carbocycles. The second kappa shape index (κ2) is 6.18. The second-order valence-corrected chi connectivity index (χ2v) is 9.02. The summed E-state index contributed by atoms with van der Waals surface area (Å²) in [6.45, 7) is 2.58. The van der Waals surface area contributed by atoms with Crippen LogP contribution in [0.3, 0.4) is 0 Å². The van der Waals surface area contributed by atoms with E-state index < -0.39 is 7.18 Å². The van der Waals surface area contributed by atoms with E-state index in [9.17, 15) is 0 Å². The number of rotatable bonds is 5. The Hall–Kier alpha value is -1.10. The molecular formula is C14H15BrO2Si. The molecule has 1 atom stereocenters. The van der Waals surface area contributed by atoms with Gasteiger partial charge in [0.05, 0.1) is 0 Å². The highest BCUT2D eigenvalue weighted by Gasteiger charge is 2.39. The molecule has 2 rings (SSSR count). The van der Waals surface area contributed by atoms with Gasteiger partial charge in [-0.1, -0.05) is 48.5 Å². The Morgan fingerprint density at radius 1 is 0.944 bits per heavy atom. The van der Waals surface area contributed by atoms with Crippen molar-refractivity contribution in [1.29, 1.82) is 0 Å². The molecule has 0 saturated heterocycles. The molecule has 0 radical (unpaired) electrons. The van der Waals surface area contributed by atoms with Gasteiger partial charge in [0, 0.05) is 11.8 Å². The molecular weight excluding hydrogens is 308 g/mol. The predicted octanol–water partition coefficient (Wildman–Crippen LogP) is 3.34. The molecule has 1 unspecified atom stereocenters. The van der Waals surface area contributed by atoms with Crippen molar-refractivity contribution in [2.75, 3.05) is 6.61 Å². The largest absolute Gasteiger partial charge is 0.510 e. The molecule has 0 aliphatic rings. The van der Waals surface area contributed by atoms with Gasteiger partial charge in [-0.15, -0.1) is 0 Å². The van der Waals surface area contributed by atoms with E-state index in [4.69, 9.17) is 8.85 Å². The molecule has 0 aromatic heterocycles. The zero-order valence-corrected chi connectivity index (χ0v) is 12.8. The Morgan fingerprint density at radius 3 is 2.06 bits per heavy atom.